The number of benzene rings is 6. The molecule has 4 heteroatoms. The number of aromatic nitrogens is 4. The predicted octanol–water partition coefficient (Wildman–Crippen LogP) is 10.6. The Morgan fingerprint density at radius 1 is 0.400 bits per heavy atom. The van der Waals surface area contributed by atoms with Crippen LogP contribution in [0, 0.1) is 0 Å². The van der Waals surface area contributed by atoms with Crippen LogP contribution in [0.5, 0.6) is 0 Å². The Bertz CT molecular complexity index is 2710. The number of H-pyrrole nitrogens is 1. The summed E-state index contributed by atoms with van der Waals surface area (Å²) in [6, 6.07) is 52.4. The summed E-state index contributed by atoms with van der Waals surface area (Å²) >= 11 is 0. The molecular weight excluding hydrogens is 548 g/mol. The van der Waals surface area contributed by atoms with Gasteiger partial charge < -0.3 is 14.1 Å². The van der Waals surface area contributed by atoms with E-state index in [2.05, 4.69) is 160 Å². The van der Waals surface area contributed by atoms with E-state index in [1.807, 2.05) is 6.20 Å². The third-order valence-corrected chi connectivity index (χ3v) is 9.30. The van der Waals surface area contributed by atoms with Gasteiger partial charge >= 0.3 is 0 Å². The number of para-hydroxylation sites is 3. The van der Waals surface area contributed by atoms with Gasteiger partial charge in [-0.05, 0) is 65.7 Å². The van der Waals surface area contributed by atoms with Gasteiger partial charge in [-0.1, -0.05) is 91.0 Å². The number of hydrogen-bond acceptors (Lipinski definition) is 1. The molecule has 0 radical (unpaired) electrons. The van der Waals surface area contributed by atoms with Crippen molar-refractivity contribution < 1.29 is 0 Å². The van der Waals surface area contributed by atoms with Crippen molar-refractivity contribution in [3.05, 3.63) is 152 Å². The minimum atomic E-state index is 0.897. The monoisotopic (exact) mass is 574 g/mol. The highest BCUT2D eigenvalue weighted by Crippen LogP contribution is 2.38. The van der Waals surface area contributed by atoms with Gasteiger partial charge in [-0.25, -0.2) is 4.98 Å². The van der Waals surface area contributed by atoms with E-state index in [0.717, 1.165) is 39.0 Å². The molecule has 45 heavy (non-hydrogen) atoms. The highest BCUT2D eigenvalue weighted by molar-refractivity contribution is 6.13. The third kappa shape index (κ3) is 3.51. The topological polar surface area (TPSA) is 38.5 Å². The van der Waals surface area contributed by atoms with Crippen LogP contribution in [0.2, 0.25) is 0 Å². The Balaban J connectivity index is 1.21. The lowest BCUT2D eigenvalue weighted by Gasteiger charge is -2.10. The minimum Gasteiger partial charge on any atom is -0.339 e. The zero-order valence-electron chi connectivity index (χ0n) is 24.3. The van der Waals surface area contributed by atoms with Crippen molar-refractivity contribution in [2.24, 2.45) is 0 Å². The summed E-state index contributed by atoms with van der Waals surface area (Å²) in [7, 11) is 0. The fourth-order valence-corrected chi connectivity index (χ4v) is 7.27. The summed E-state index contributed by atoms with van der Waals surface area (Å²) in [5.41, 5.74) is 11.3. The molecule has 0 unspecified atom stereocenters. The third-order valence-electron chi connectivity index (χ3n) is 9.30. The quantitative estimate of drug-likeness (QED) is 0.224. The second-order valence-corrected chi connectivity index (χ2v) is 11.8. The molecule has 0 aliphatic carbocycles. The normalized spacial score (nSPS) is 12.0. The maximum atomic E-state index is 4.94. The van der Waals surface area contributed by atoms with Gasteiger partial charge in [0, 0.05) is 43.5 Å². The molecule has 6 aromatic carbocycles. The summed E-state index contributed by atoms with van der Waals surface area (Å²) in [5, 5.41) is 7.27. The first-order valence-corrected chi connectivity index (χ1v) is 15.3. The smallest absolute Gasteiger partial charge is 0.138 e. The molecule has 0 fully saturated rings. The second kappa shape index (κ2) is 9.18. The number of nitrogens with zero attached hydrogens (tertiary/aromatic N) is 3. The van der Waals surface area contributed by atoms with Gasteiger partial charge in [-0.15, -0.1) is 0 Å². The SMILES string of the molecule is c1ccc(-c2ccc3[nH]c4ncc(-n5c6ccccc6c6cc(-n7c8ccccc8c8ccccc87)ccc65)cc4c3c2)cc1. The van der Waals surface area contributed by atoms with Gasteiger partial charge in [0.25, 0.3) is 0 Å². The number of pyridine rings is 1. The average Bonchev–Trinajstić information content (AvgIpc) is 3.75. The fraction of sp³-hybridized carbons (Fsp3) is 0. The van der Waals surface area contributed by atoms with Crippen LogP contribution >= 0.6 is 0 Å². The molecule has 10 rings (SSSR count). The lowest BCUT2D eigenvalue weighted by Crippen LogP contribution is -1.96. The summed E-state index contributed by atoms with van der Waals surface area (Å²) in [5.74, 6) is 0. The van der Waals surface area contributed by atoms with Crippen molar-refractivity contribution in [1.29, 1.82) is 0 Å². The first-order chi connectivity index (χ1) is 22.3. The molecule has 1 N–H and O–H groups in total. The molecular formula is C41H26N4. The molecule has 0 amide bonds. The van der Waals surface area contributed by atoms with Crippen molar-refractivity contribution in [3.8, 4) is 22.5 Å². The lowest BCUT2D eigenvalue weighted by molar-refractivity contribution is 1.15. The van der Waals surface area contributed by atoms with Crippen molar-refractivity contribution in [3.63, 3.8) is 0 Å². The van der Waals surface area contributed by atoms with Crippen LogP contribution in [0.1, 0.15) is 0 Å². The molecule has 0 saturated heterocycles. The Kier molecular flexibility index (Phi) is 4.96. The van der Waals surface area contributed by atoms with E-state index in [9.17, 15) is 0 Å². The molecule has 10 aromatic rings. The van der Waals surface area contributed by atoms with E-state index in [0.29, 0.717) is 0 Å². The van der Waals surface area contributed by atoms with Crippen molar-refractivity contribution in [1.82, 2.24) is 19.1 Å². The summed E-state index contributed by atoms with van der Waals surface area (Å²) in [6.45, 7) is 0. The van der Waals surface area contributed by atoms with Crippen LogP contribution in [-0.4, -0.2) is 19.1 Å². The Hall–Kier alpha value is -6.13. The molecule has 4 aromatic heterocycles. The van der Waals surface area contributed by atoms with Crippen LogP contribution < -0.4 is 0 Å². The number of aromatic amines is 1. The molecule has 4 heterocycles. The van der Waals surface area contributed by atoms with E-state index >= 15 is 0 Å². The van der Waals surface area contributed by atoms with Crippen LogP contribution in [0.15, 0.2) is 152 Å². The highest BCUT2D eigenvalue weighted by Gasteiger charge is 2.17. The standard InChI is InChI=1S/C41H26N4/c1-2-10-26(11-3-1)27-18-20-36-33(22-27)35-24-29(25-42-41(35)43-36)45-39-17-9-6-14-32(39)34-23-28(19-21-40(34)45)44-37-15-7-4-12-30(37)31-13-5-8-16-38(31)44/h1-25H,(H,42,43). The van der Waals surface area contributed by atoms with E-state index in [4.69, 9.17) is 4.98 Å². The number of hydrogen-bond donors (Lipinski definition) is 1. The highest BCUT2D eigenvalue weighted by atomic mass is 15.0. The molecule has 0 atom stereocenters. The summed E-state index contributed by atoms with van der Waals surface area (Å²) in [4.78, 5) is 8.47. The molecule has 0 aliphatic rings. The fourth-order valence-electron chi connectivity index (χ4n) is 7.27. The van der Waals surface area contributed by atoms with Crippen LogP contribution in [-0.2, 0) is 0 Å². The van der Waals surface area contributed by atoms with Crippen LogP contribution in [0.3, 0.4) is 0 Å². The Morgan fingerprint density at radius 2 is 0.978 bits per heavy atom. The lowest BCUT2D eigenvalue weighted by atomic mass is 10.0. The van der Waals surface area contributed by atoms with Gasteiger partial charge in [0.1, 0.15) is 5.65 Å². The molecule has 0 aliphatic heterocycles. The molecule has 0 spiro atoms. The van der Waals surface area contributed by atoms with Gasteiger partial charge in [0.2, 0.25) is 0 Å². The Morgan fingerprint density at radius 3 is 1.69 bits per heavy atom. The molecule has 210 valence electrons. The van der Waals surface area contributed by atoms with Crippen molar-refractivity contribution in [2.75, 3.05) is 0 Å². The minimum absolute atomic E-state index is 0.897. The van der Waals surface area contributed by atoms with Crippen molar-refractivity contribution in [2.45, 2.75) is 0 Å². The van der Waals surface area contributed by atoms with E-state index in [1.165, 1.54) is 49.1 Å². The van der Waals surface area contributed by atoms with Crippen LogP contribution in [0.25, 0.3) is 88.0 Å². The van der Waals surface area contributed by atoms with E-state index in [-0.39, 0.29) is 0 Å². The van der Waals surface area contributed by atoms with E-state index < -0.39 is 0 Å². The first-order valence-electron chi connectivity index (χ1n) is 15.3. The molecule has 0 saturated carbocycles. The number of rotatable bonds is 3. The molecule has 0 bridgehead atoms. The summed E-state index contributed by atoms with van der Waals surface area (Å²) in [6.07, 6.45) is 1.99. The zero-order chi connectivity index (χ0) is 29.5. The second-order valence-electron chi connectivity index (χ2n) is 11.8. The molecule has 4 nitrogen and oxygen atoms in total. The largest absolute Gasteiger partial charge is 0.339 e. The summed E-state index contributed by atoms with van der Waals surface area (Å²) < 4.78 is 4.74. The first kappa shape index (κ1) is 24.3. The zero-order valence-corrected chi connectivity index (χ0v) is 24.3. The number of fused-ring (bicyclic) bond motifs is 9. The maximum absolute atomic E-state index is 4.94. The van der Waals surface area contributed by atoms with Gasteiger partial charge in [-0.2, -0.15) is 0 Å². The van der Waals surface area contributed by atoms with Crippen LogP contribution in [0.4, 0.5) is 0 Å². The number of nitrogens with one attached hydrogen (secondary N) is 1. The predicted molar refractivity (Wildman–Crippen MR) is 188 cm³/mol. The van der Waals surface area contributed by atoms with Gasteiger partial charge in [0.15, 0.2) is 0 Å². The average molecular weight is 575 g/mol. The van der Waals surface area contributed by atoms with Gasteiger partial charge in [-0.3, -0.25) is 0 Å². The van der Waals surface area contributed by atoms with Gasteiger partial charge in [0.05, 0.1) is 34.0 Å². The van der Waals surface area contributed by atoms with Crippen molar-refractivity contribution >= 4 is 65.5 Å². The Labute approximate surface area is 258 Å². The maximum Gasteiger partial charge on any atom is 0.138 e. The van der Waals surface area contributed by atoms with E-state index in [1.54, 1.807) is 0 Å².